The number of nitrogens with zero attached hydrogens (tertiary/aromatic N) is 2. The first-order valence-electron chi connectivity index (χ1n) is 9.91. The molecule has 7 nitrogen and oxygen atoms in total. The number of hydrogen-bond donors (Lipinski definition) is 3. The van der Waals surface area contributed by atoms with Crippen molar-refractivity contribution in [3.8, 4) is 0 Å². The van der Waals surface area contributed by atoms with E-state index < -0.39 is 17.7 Å². The summed E-state index contributed by atoms with van der Waals surface area (Å²) in [6.45, 7) is -0.172. The minimum Gasteiger partial charge on any atom is -0.325 e. The highest BCUT2D eigenvalue weighted by Gasteiger charge is 2.18. The SMILES string of the molecule is O=C(Cn1c(SC(F)F)nc2ccccc21)Nc1ccc(NC(=O)Nc2ccccc2)cc1. The molecule has 0 atom stereocenters. The van der Waals surface area contributed by atoms with Gasteiger partial charge in [-0.1, -0.05) is 30.3 Å². The first kappa shape index (κ1) is 22.3. The van der Waals surface area contributed by atoms with E-state index in [1.54, 1.807) is 60.7 Å². The summed E-state index contributed by atoms with van der Waals surface area (Å²) in [7, 11) is 0. The number of amides is 3. The zero-order chi connectivity index (χ0) is 23.2. The molecule has 0 bridgehead atoms. The van der Waals surface area contributed by atoms with E-state index in [4.69, 9.17) is 0 Å². The van der Waals surface area contributed by atoms with Gasteiger partial charge in [-0.15, -0.1) is 0 Å². The molecule has 0 aliphatic heterocycles. The average molecular weight is 468 g/mol. The van der Waals surface area contributed by atoms with Crippen LogP contribution in [0.4, 0.5) is 30.6 Å². The van der Waals surface area contributed by atoms with Crippen LogP contribution in [0.1, 0.15) is 0 Å². The molecule has 0 aliphatic carbocycles. The summed E-state index contributed by atoms with van der Waals surface area (Å²) in [5.74, 6) is -3.04. The number of carbonyl (C=O) groups excluding carboxylic acids is 2. The van der Waals surface area contributed by atoms with Crippen LogP contribution >= 0.6 is 11.8 Å². The molecule has 33 heavy (non-hydrogen) atoms. The third-order valence-corrected chi connectivity index (χ3v) is 5.27. The van der Waals surface area contributed by atoms with Crippen LogP contribution in [-0.4, -0.2) is 27.2 Å². The van der Waals surface area contributed by atoms with Crippen LogP contribution < -0.4 is 16.0 Å². The van der Waals surface area contributed by atoms with Crippen LogP contribution in [0, 0.1) is 0 Å². The number of carbonyl (C=O) groups is 2. The van der Waals surface area contributed by atoms with Gasteiger partial charge in [-0.2, -0.15) is 8.78 Å². The lowest BCUT2D eigenvalue weighted by atomic mass is 10.2. The molecule has 1 aromatic heterocycles. The summed E-state index contributed by atoms with van der Waals surface area (Å²) in [6.07, 6.45) is 0. The fraction of sp³-hybridized carbons (Fsp3) is 0.0870. The van der Waals surface area contributed by atoms with Gasteiger partial charge in [-0.05, 0) is 60.3 Å². The predicted molar refractivity (Wildman–Crippen MR) is 126 cm³/mol. The summed E-state index contributed by atoms with van der Waals surface area (Å²) >= 11 is 0.300. The third kappa shape index (κ3) is 5.86. The molecule has 3 aromatic carbocycles. The number of rotatable bonds is 7. The molecule has 3 amide bonds. The van der Waals surface area contributed by atoms with E-state index in [-0.39, 0.29) is 11.7 Å². The number of imidazole rings is 1. The topological polar surface area (TPSA) is 88.1 Å². The first-order chi connectivity index (χ1) is 16.0. The molecule has 10 heteroatoms. The Bertz CT molecular complexity index is 1260. The van der Waals surface area contributed by atoms with Crippen molar-refractivity contribution in [1.29, 1.82) is 0 Å². The van der Waals surface area contributed by atoms with Crippen molar-refractivity contribution in [3.05, 3.63) is 78.9 Å². The molecule has 3 N–H and O–H groups in total. The highest BCUT2D eigenvalue weighted by Crippen LogP contribution is 2.28. The maximum Gasteiger partial charge on any atom is 0.323 e. The van der Waals surface area contributed by atoms with Gasteiger partial charge in [-0.25, -0.2) is 9.78 Å². The molecule has 1 heterocycles. The molecule has 4 aromatic rings. The Morgan fingerprint density at radius 1 is 0.818 bits per heavy atom. The minimum atomic E-state index is -2.65. The van der Waals surface area contributed by atoms with Gasteiger partial charge >= 0.3 is 6.03 Å². The van der Waals surface area contributed by atoms with Gasteiger partial charge in [0.1, 0.15) is 6.54 Å². The molecule has 0 aliphatic rings. The Hall–Kier alpha value is -3.92. The van der Waals surface area contributed by atoms with Crippen molar-refractivity contribution >= 4 is 51.8 Å². The quantitative estimate of drug-likeness (QED) is 0.307. The van der Waals surface area contributed by atoms with E-state index in [9.17, 15) is 18.4 Å². The zero-order valence-electron chi connectivity index (χ0n) is 17.2. The Balaban J connectivity index is 1.39. The van der Waals surface area contributed by atoms with Crippen LogP contribution in [-0.2, 0) is 11.3 Å². The number of para-hydroxylation sites is 3. The Morgan fingerprint density at radius 3 is 2.06 bits per heavy atom. The summed E-state index contributed by atoms with van der Waals surface area (Å²) in [6, 6.07) is 22.1. The lowest BCUT2D eigenvalue weighted by molar-refractivity contribution is -0.116. The molecular formula is C23H19F2N5O2S. The van der Waals surface area contributed by atoms with E-state index in [0.717, 1.165) is 0 Å². The second-order valence-corrected chi connectivity index (χ2v) is 7.88. The van der Waals surface area contributed by atoms with Crippen molar-refractivity contribution in [1.82, 2.24) is 9.55 Å². The smallest absolute Gasteiger partial charge is 0.323 e. The maximum absolute atomic E-state index is 12.9. The molecule has 0 spiro atoms. The number of urea groups is 1. The molecule has 0 fully saturated rings. The molecule has 0 unspecified atom stereocenters. The average Bonchev–Trinajstić information content (AvgIpc) is 3.12. The van der Waals surface area contributed by atoms with Gasteiger partial charge in [0.05, 0.1) is 11.0 Å². The number of anilines is 3. The van der Waals surface area contributed by atoms with Crippen molar-refractivity contribution < 1.29 is 18.4 Å². The Morgan fingerprint density at radius 2 is 1.39 bits per heavy atom. The van der Waals surface area contributed by atoms with E-state index in [1.807, 2.05) is 18.2 Å². The van der Waals surface area contributed by atoms with Gasteiger partial charge < -0.3 is 20.5 Å². The number of fused-ring (bicyclic) bond motifs is 1. The number of benzene rings is 3. The summed E-state index contributed by atoms with van der Waals surface area (Å²) in [5.41, 5.74) is 2.84. The highest BCUT2D eigenvalue weighted by molar-refractivity contribution is 7.99. The zero-order valence-corrected chi connectivity index (χ0v) is 18.0. The number of aromatic nitrogens is 2. The van der Waals surface area contributed by atoms with Gasteiger partial charge in [-0.3, -0.25) is 4.79 Å². The number of thioether (sulfide) groups is 1. The van der Waals surface area contributed by atoms with Crippen molar-refractivity contribution in [2.45, 2.75) is 17.5 Å². The predicted octanol–water partition coefficient (Wildman–Crippen LogP) is 5.63. The normalized spacial score (nSPS) is 10.9. The monoisotopic (exact) mass is 467 g/mol. The van der Waals surface area contributed by atoms with Crippen molar-refractivity contribution in [3.63, 3.8) is 0 Å². The van der Waals surface area contributed by atoms with E-state index in [1.165, 1.54) is 4.57 Å². The van der Waals surface area contributed by atoms with Crippen LogP contribution in [0.2, 0.25) is 0 Å². The maximum atomic E-state index is 12.9. The second-order valence-electron chi connectivity index (χ2n) is 6.92. The number of nitrogens with one attached hydrogen (secondary N) is 3. The molecule has 4 rings (SSSR count). The van der Waals surface area contributed by atoms with E-state index in [2.05, 4.69) is 20.9 Å². The van der Waals surface area contributed by atoms with E-state index in [0.29, 0.717) is 39.9 Å². The van der Waals surface area contributed by atoms with E-state index >= 15 is 0 Å². The second kappa shape index (κ2) is 10.1. The first-order valence-corrected chi connectivity index (χ1v) is 10.8. The standard InChI is InChI=1S/C23H19F2N5O2S/c24-21(25)33-23-29-18-8-4-5-9-19(18)30(23)14-20(31)26-16-10-12-17(13-11-16)28-22(32)27-15-6-2-1-3-7-15/h1-13,21H,14H2,(H,26,31)(H2,27,28,32). The third-order valence-electron chi connectivity index (χ3n) is 4.57. The molecule has 0 radical (unpaired) electrons. The summed E-state index contributed by atoms with van der Waals surface area (Å²) in [5, 5.41) is 8.22. The van der Waals surface area contributed by atoms with Crippen LogP contribution in [0.25, 0.3) is 11.0 Å². The molecule has 168 valence electrons. The number of hydrogen-bond acceptors (Lipinski definition) is 4. The lowest BCUT2D eigenvalue weighted by Crippen LogP contribution is -2.20. The van der Waals surface area contributed by atoms with Crippen molar-refractivity contribution in [2.24, 2.45) is 0 Å². The lowest BCUT2D eigenvalue weighted by Gasteiger charge is -2.11. The van der Waals surface area contributed by atoms with Crippen LogP contribution in [0.5, 0.6) is 0 Å². The highest BCUT2D eigenvalue weighted by atomic mass is 32.2. The van der Waals surface area contributed by atoms with Gasteiger partial charge in [0.25, 0.3) is 5.76 Å². The van der Waals surface area contributed by atoms with Gasteiger partial charge in [0.2, 0.25) is 5.91 Å². The fourth-order valence-electron chi connectivity index (χ4n) is 3.17. The Kier molecular flexibility index (Phi) is 6.84. The van der Waals surface area contributed by atoms with Crippen LogP contribution in [0.3, 0.4) is 0 Å². The van der Waals surface area contributed by atoms with Crippen LogP contribution in [0.15, 0.2) is 84.0 Å². The largest absolute Gasteiger partial charge is 0.325 e. The number of alkyl halides is 2. The summed E-state index contributed by atoms with van der Waals surface area (Å²) in [4.78, 5) is 28.9. The fourth-order valence-corrected chi connectivity index (χ4v) is 3.77. The number of halogens is 2. The molecule has 0 saturated heterocycles. The summed E-state index contributed by atoms with van der Waals surface area (Å²) < 4.78 is 27.3. The van der Waals surface area contributed by atoms with Gasteiger partial charge in [0.15, 0.2) is 5.16 Å². The van der Waals surface area contributed by atoms with Crippen molar-refractivity contribution in [2.75, 3.05) is 16.0 Å². The molecule has 0 saturated carbocycles. The minimum absolute atomic E-state index is 0.0744. The molecular weight excluding hydrogens is 448 g/mol. The Labute approximate surface area is 192 Å². The van der Waals surface area contributed by atoms with Gasteiger partial charge in [0, 0.05) is 17.1 Å².